The molecule has 0 bridgehead atoms. The average Bonchev–Trinajstić information content (AvgIpc) is 2.54. The summed E-state index contributed by atoms with van der Waals surface area (Å²) in [5, 5.41) is 4.46. The van der Waals surface area contributed by atoms with Crippen LogP contribution in [0.25, 0.3) is 10.9 Å². The third kappa shape index (κ3) is 2.91. The molecular weight excluding hydrogens is 227 g/mol. The highest BCUT2D eigenvalue weighted by Gasteiger charge is 2.12. The summed E-state index contributed by atoms with van der Waals surface area (Å²) in [4.78, 5) is 3.31. The van der Waals surface area contributed by atoms with Crippen LogP contribution in [0.15, 0.2) is 18.2 Å². The molecule has 98 valence electrons. The van der Waals surface area contributed by atoms with Gasteiger partial charge >= 0.3 is 0 Å². The van der Waals surface area contributed by atoms with Crippen LogP contribution in [-0.2, 0) is 6.42 Å². The second-order valence-corrected chi connectivity index (χ2v) is 5.85. The first kappa shape index (κ1) is 13.1. The quantitative estimate of drug-likeness (QED) is 0.854. The van der Waals surface area contributed by atoms with Crippen molar-refractivity contribution in [2.75, 3.05) is 6.54 Å². The molecule has 1 aromatic carbocycles. The predicted molar refractivity (Wildman–Crippen MR) is 74.5 cm³/mol. The number of aryl methyl sites for hydroxylation is 1. The molecule has 1 heterocycles. The first-order valence-electron chi connectivity index (χ1n) is 6.38. The minimum absolute atomic E-state index is 0.116. The Morgan fingerprint density at radius 2 is 2.00 bits per heavy atom. The number of benzene rings is 1. The zero-order valence-corrected chi connectivity index (χ0v) is 11.5. The molecule has 0 saturated carbocycles. The van der Waals surface area contributed by atoms with Crippen molar-refractivity contribution in [3.63, 3.8) is 0 Å². The highest BCUT2D eigenvalue weighted by molar-refractivity contribution is 5.84. The Hall–Kier alpha value is -1.35. The molecule has 3 heteroatoms. The summed E-state index contributed by atoms with van der Waals surface area (Å²) >= 11 is 0. The Morgan fingerprint density at radius 3 is 2.67 bits per heavy atom. The number of hydrogen-bond acceptors (Lipinski definition) is 1. The zero-order chi connectivity index (χ0) is 13.3. The van der Waals surface area contributed by atoms with Crippen LogP contribution in [0.1, 0.15) is 32.0 Å². The number of halogens is 1. The van der Waals surface area contributed by atoms with Crippen molar-refractivity contribution in [1.82, 2.24) is 10.3 Å². The van der Waals surface area contributed by atoms with Gasteiger partial charge in [-0.25, -0.2) is 4.39 Å². The Labute approximate surface area is 108 Å². The molecule has 1 aromatic heterocycles. The number of aromatic nitrogens is 1. The summed E-state index contributed by atoms with van der Waals surface area (Å²) in [7, 11) is 0. The van der Waals surface area contributed by atoms with E-state index in [0.29, 0.717) is 0 Å². The third-order valence-electron chi connectivity index (χ3n) is 3.11. The van der Waals surface area contributed by atoms with E-state index < -0.39 is 0 Å². The van der Waals surface area contributed by atoms with E-state index in [2.05, 4.69) is 31.1 Å². The van der Waals surface area contributed by atoms with E-state index in [-0.39, 0.29) is 11.4 Å². The lowest BCUT2D eigenvalue weighted by atomic mass is 10.1. The van der Waals surface area contributed by atoms with Gasteiger partial charge in [-0.05, 0) is 64.4 Å². The molecule has 0 amide bonds. The smallest absolute Gasteiger partial charge is 0.123 e. The van der Waals surface area contributed by atoms with Gasteiger partial charge in [-0.3, -0.25) is 0 Å². The summed E-state index contributed by atoms with van der Waals surface area (Å²) in [6, 6.07) is 4.92. The fraction of sp³-hybridized carbons (Fsp3) is 0.467. The Morgan fingerprint density at radius 1 is 1.28 bits per heavy atom. The van der Waals surface area contributed by atoms with E-state index in [1.165, 1.54) is 11.6 Å². The second kappa shape index (κ2) is 4.73. The lowest BCUT2D eigenvalue weighted by Crippen LogP contribution is -2.37. The fourth-order valence-corrected chi connectivity index (χ4v) is 2.24. The molecule has 18 heavy (non-hydrogen) atoms. The molecule has 0 spiro atoms. The lowest BCUT2D eigenvalue weighted by molar-refractivity contribution is 0.429. The maximum atomic E-state index is 13.3. The number of H-pyrrole nitrogens is 1. The number of fused-ring (bicyclic) bond motifs is 1. The number of rotatable bonds is 3. The van der Waals surface area contributed by atoms with E-state index in [4.69, 9.17) is 0 Å². The highest BCUT2D eigenvalue weighted by atomic mass is 19.1. The van der Waals surface area contributed by atoms with E-state index in [0.717, 1.165) is 29.6 Å². The van der Waals surface area contributed by atoms with Gasteiger partial charge in [-0.15, -0.1) is 0 Å². The third-order valence-corrected chi connectivity index (χ3v) is 3.11. The summed E-state index contributed by atoms with van der Waals surface area (Å²) in [6.45, 7) is 9.39. The molecule has 0 aliphatic carbocycles. The van der Waals surface area contributed by atoms with Gasteiger partial charge in [0.1, 0.15) is 5.82 Å². The van der Waals surface area contributed by atoms with Crippen LogP contribution in [-0.4, -0.2) is 17.1 Å². The van der Waals surface area contributed by atoms with Crippen LogP contribution in [0.5, 0.6) is 0 Å². The van der Waals surface area contributed by atoms with Gasteiger partial charge in [0.05, 0.1) is 0 Å². The van der Waals surface area contributed by atoms with Crippen LogP contribution in [0, 0.1) is 12.7 Å². The Kier molecular flexibility index (Phi) is 3.44. The van der Waals surface area contributed by atoms with E-state index >= 15 is 0 Å². The van der Waals surface area contributed by atoms with Crippen LogP contribution in [0.2, 0.25) is 0 Å². The SMILES string of the molecule is Cc1[nH]c2ccc(F)cc2c1CCNC(C)(C)C. The summed E-state index contributed by atoms with van der Waals surface area (Å²) in [5.41, 5.74) is 3.47. The molecule has 0 aliphatic rings. The highest BCUT2D eigenvalue weighted by Crippen LogP contribution is 2.23. The van der Waals surface area contributed by atoms with Crippen molar-refractivity contribution in [2.24, 2.45) is 0 Å². The maximum absolute atomic E-state index is 13.3. The van der Waals surface area contributed by atoms with Crippen molar-refractivity contribution in [3.05, 3.63) is 35.3 Å². The fourth-order valence-electron chi connectivity index (χ4n) is 2.24. The number of nitrogens with one attached hydrogen (secondary N) is 2. The molecular formula is C15H21FN2. The van der Waals surface area contributed by atoms with E-state index in [9.17, 15) is 4.39 Å². The van der Waals surface area contributed by atoms with Gasteiger partial charge in [0, 0.05) is 22.1 Å². The molecule has 0 atom stereocenters. The van der Waals surface area contributed by atoms with Crippen LogP contribution in [0.3, 0.4) is 0 Å². The second-order valence-electron chi connectivity index (χ2n) is 5.85. The van der Waals surface area contributed by atoms with Crippen LogP contribution < -0.4 is 5.32 Å². The van der Waals surface area contributed by atoms with Crippen LogP contribution in [0.4, 0.5) is 4.39 Å². The largest absolute Gasteiger partial charge is 0.358 e. The van der Waals surface area contributed by atoms with Crippen molar-refractivity contribution < 1.29 is 4.39 Å². The topological polar surface area (TPSA) is 27.8 Å². The molecule has 0 unspecified atom stereocenters. The maximum Gasteiger partial charge on any atom is 0.123 e. The van der Waals surface area contributed by atoms with E-state index in [1.807, 2.05) is 6.92 Å². The van der Waals surface area contributed by atoms with Gasteiger partial charge in [0.2, 0.25) is 0 Å². The molecule has 0 aliphatic heterocycles. The number of hydrogen-bond donors (Lipinski definition) is 2. The van der Waals surface area contributed by atoms with E-state index in [1.54, 1.807) is 12.1 Å². The summed E-state index contributed by atoms with van der Waals surface area (Å²) in [5.74, 6) is -0.175. The summed E-state index contributed by atoms with van der Waals surface area (Å²) in [6.07, 6.45) is 0.909. The minimum Gasteiger partial charge on any atom is -0.358 e. The minimum atomic E-state index is -0.175. The van der Waals surface area contributed by atoms with Gasteiger partial charge in [0.25, 0.3) is 0 Å². The molecule has 2 N–H and O–H groups in total. The van der Waals surface area contributed by atoms with Gasteiger partial charge in [0.15, 0.2) is 0 Å². The monoisotopic (exact) mass is 248 g/mol. The molecule has 2 nitrogen and oxygen atoms in total. The molecule has 2 rings (SSSR count). The van der Waals surface area contributed by atoms with Crippen molar-refractivity contribution in [2.45, 2.75) is 39.7 Å². The predicted octanol–water partition coefficient (Wildman–Crippen LogP) is 3.55. The summed E-state index contributed by atoms with van der Waals surface area (Å²) < 4.78 is 13.3. The van der Waals surface area contributed by atoms with Crippen LogP contribution >= 0.6 is 0 Å². The van der Waals surface area contributed by atoms with Crippen molar-refractivity contribution in [1.29, 1.82) is 0 Å². The van der Waals surface area contributed by atoms with Gasteiger partial charge in [-0.2, -0.15) is 0 Å². The first-order chi connectivity index (χ1) is 8.37. The van der Waals surface area contributed by atoms with Gasteiger partial charge in [-0.1, -0.05) is 0 Å². The normalized spacial score (nSPS) is 12.3. The lowest BCUT2D eigenvalue weighted by Gasteiger charge is -2.20. The Balaban J connectivity index is 2.22. The molecule has 0 saturated heterocycles. The molecule has 2 aromatic rings. The van der Waals surface area contributed by atoms with Crippen molar-refractivity contribution in [3.8, 4) is 0 Å². The molecule has 0 radical (unpaired) electrons. The standard InChI is InChI=1S/C15H21FN2/c1-10-12(7-8-17-15(2,3)4)13-9-11(16)5-6-14(13)18-10/h5-6,9,17-18H,7-8H2,1-4H3. The Bertz CT molecular complexity index is 549. The zero-order valence-electron chi connectivity index (χ0n) is 11.5. The molecule has 0 fully saturated rings. The average molecular weight is 248 g/mol. The van der Waals surface area contributed by atoms with Gasteiger partial charge < -0.3 is 10.3 Å². The van der Waals surface area contributed by atoms with Crippen molar-refractivity contribution >= 4 is 10.9 Å². The number of aromatic amines is 1. The first-order valence-corrected chi connectivity index (χ1v) is 6.38.